The van der Waals surface area contributed by atoms with Gasteiger partial charge in [0.25, 0.3) is 17.9 Å². The molecular weight excluding hydrogens is 420 g/mol. The molecule has 3 aromatic rings. The summed E-state index contributed by atoms with van der Waals surface area (Å²) in [5.41, 5.74) is 0.0107. The molecule has 0 aliphatic rings. The molecule has 30 heavy (non-hydrogen) atoms. The van der Waals surface area contributed by atoms with Crippen LogP contribution in [0.5, 0.6) is 0 Å². The topological polar surface area (TPSA) is 102 Å². The second-order valence-corrected chi connectivity index (χ2v) is 6.97. The van der Waals surface area contributed by atoms with Crippen molar-refractivity contribution < 1.29 is 18.7 Å². The number of hydrogen-bond acceptors (Lipinski definition) is 5. The molecule has 0 saturated carbocycles. The Bertz CT molecular complexity index is 1100. The standard InChI is InChI=1S/C19H18ClF2N5O3/c1-11(10-28)24-18(29)15-6-16(12-2-4-13(20)5-3-12)25-27(19(15)30)14-7-23-26(8-14)9-17(21)22/h2-8,11,17,28H,9-10H2,1H3,(H,24,29)/t11-/m0/s1. The van der Waals surface area contributed by atoms with Crippen molar-refractivity contribution in [2.75, 3.05) is 6.61 Å². The maximum Gasteiger partial charge on any atom is 0.284 e. The molecule has 1 amide bonds. The van der Waals surface area contributed by atoms with Crippen molar-refractivity contribution in [3.63, 3.8) is 0 Å². The Morgan fingerprint density at radius 1 is 1.30 bits per heavy atom. The fourth-order valence-electron chi connectivity index (χ4n) is 2.64. The number of carbonyl (C=O) groups excluding carboxylic acids is 1. The quantitative estimate of drug-likeness (QED) is 0.589. The first kappa shape index (κ1) is 21.6. The molecule has 0 aliphatic heterocycles. The van der Waals surface area contributed by atoms with Crippen molar-refractivity contribution in [1.29, 1.82) is 0 Å². The summed E-state index contributed by atoms with van der Waals surface area (Å²) in [7, 11) is 0. The molecule has 2 heterocycles. The zero-order valence-electron chi connectivity index (χ0n) is 15.8. The van der Waals surface area contributed by atoms with Gasteiger partial charge >= 0.3 is 0 Å². The van der Waals surface area contributed by atoms with E-state index in [2.05, 4.69) is 15.5 Å². The highest BCUT2D eigenvalue weighted by atomic mass is 35.5. The van der Waals surface area contributed by atoms with Gasteiger partial charge in [0.05, 0.1) is 24.7 Å². The van der Waals surface area contributed by atoms with Gasteiger partial charge in [0.1, 0.15) is 17.8 Å². The van der Waals surface area contributed by atoms with E-state index in [1.807, 2.05) is 0 Å². The minimum absolute atomic E-state index is 0.126. The van der Waals surface area contributed by atoms with Crippen LogP contribution in [0.4, 0.5) is 8.78 Å². The summed E-state index contributed by atoms with van der Waals surface area (Å²) in [6.07, 6.45) is -0.172. The molecule has 0 unspecified atom stereocenters. The van der Waals surface area contributed by atoms with Crippen molar-refractivity contribution in [3.8, 4) is 16.9 Å². The average molecular weight is 438 g/mol. The minimum Gasteiger partial charge on any atom is -0.394 e. The van der Waals surface area contributed by atoms with Crippen LogP contribution in [0, 0.1) is 0 Å². The second-order valence-electron chi connectivity index (χ2n) is 6.54. The van der Waals surface area contributed by atoms with Crippen molar-refractivity contribution >= 4 is 17.5 Å². The van der Waals surface area contributed by atoms with Crippen molar-refractivity contribution in [1.82, 2.24) is 24.9 Å². The predicted octanol–water partition coefficient (Wildman–Crippen LogP) is 2.13. The van der Waals surface area contributed by atoms with Crippen LogP contribution in [0.3, 0.4) is 0 Å². The van der Waals surface area contributed by atoms with Gasteiger partial charge in [0.15, 0.2) is 0 Å². The van der Waals surface area contributed by atoms with E-state index >= 15 is 0 Å². The zero-order valence-corrected chi connectivity index (χ0v) is 16.6. The van der Waals surface area contributed by atoms with Gasteiger partial charge in [-0.05, 0) is 25.1 Å². The Kier molecular flexibility index (Phi) is 6.58. The Balaban J connectivity index is 2.12. The molecule has 1 atom stereocenters. The molecule has 8 nitrogen and oxygen atoms in total. The van der Waals surface area contributed by atoms with Crippen LogP contribution in [0.25, 0.3) is 16.9 Å². The number of carbonyl (C=O) groups is 1. The van der Waals surface area contributed by atoms with E-state index in [0.29, 0.717) is 10.6 Å². The predicted molar refractivity (Wildman–Crippen MR) is 106 cm³/mol. The van der Waals surface area contributed by atoms with E-state index in [9.17, 15) is 23.5 Å². The first-order valence-corrected chi connectivity index (χ1v) is 9.29. The summed E-state index contributed by atoms with van der Waals surface area (Å²) >= 11 is 5.92. The lowest BCUT2D eigenvalue weighted by Gasteiger charge is -2.13. The number of alkyl halides is 2. The van der Waals surface area contributed by atoms with Crippen LogP contribution in [-0.2, 0) is 6.54 Å². The van der Waals surface area contributed by atoms with Gasteiger partial charge in [-0.2, -0.15) is 14.9 Å². The van der Waals surface area contributed by atoms with E-state index in [1.165, 1.54) is 18.5 Å². The molecule has 0 spiro atoms. The average Bonchev–Trinajstić information content (AvgIpc) is 3.16. The third-order valence-electron chi connectivity index (χ3n) is 4.14. The number of nitrogens with one attached hydrogen (secondary N) is 1. The molecule has 2 aromatic heterocycles. The number of hydrogen-bond donors (Lipinski definition) is 2. The Morgan fingerprint density at radius 2 is 2.00 bits per heavy atom. The molecule has 11 heteroatoms. The van der Waals surface area contributed by atoms with Crippen molar-refractivity contribution in [3.05, 3.63) is 63.7 Å². The summed E-state index contributed by atoms with van der Waals surface area (Å²) in [5.74, 6) is -0.701. The SMILES string of the molecule is C[C@@H](CO)NC(=O)c1cc(-c2ccc(Cl)cc2)nn(-c2cnn(CC(F)F)c2)c1=O. The lowest BCUT2D eigenvalue weighted by atomic mass is 10.1. The maximum absolute atomic E-state index is 12.9. The van der Waals surface area contributed by atoms with Crippen LogP contribution in [0.1, 0.15) is 17.3 Å². The Labute approximate surface area is 174 Å². The fourth-order valence-corrected chi connectivity index (χ4v) is 2.77. The largest absolute Gasteiger partial charge is 0.394 e. The third kappa shape index (κ3) is 4.89. The minimum atomic E-state index is -2.62. The summed E-state index contributed by atoms with van der Waals surface area (Å²) in [6.45, 7) is 0.620. The number of rotatable bonds is 7. The number of halogens is 3. The second kappa shape index (κ2) is 9.14. The number of aromatic nitrogens is 4. The van der Waals surface area contributed by atoms with Gasteiger partial charge in [-0.3, -0.25) is 14.3 Å². The molecule has 158 valence electrons. The molecule has 0 radical (unpaired) electrons. The van der Waals surface area contributed by atoms with Crippen LogP contribution in [0.2, 0.25) is 5.02 Å². The molecule has 0 saturated heterocycles. The number of aliphatic hydroxyl groups is 1. The summed E-state index contributed by atoms with van der Waals surface area (Å²) in [5, 5.41) is 20.3. The van der Waals surface area contributed by atoms with E-state index in [4.69, 9.17) is 11.6 Å². The van der Waals surface area contributed by atoms with E-state index < -0.39 is 30.5 Å². The van der Waals surface area contributed by atoms with Gasteiger partial charge in [-0.25, -0.2) is 8.78 Å². The highest BCUT2D eigenvalue weighted by molar-refractivity contribution is 6.30. The first-order chi connectivity index (χ1) is 14.3. The monoisotopic (exact) mass is 437 g/mol. The Morgan fingerprint density at radius 3 is 2.63 bits per heavy atom. The van der Waals surface area contributed by atoms with Crippen LogP contribution < -0.4 is 10.9 Å². The van der Waals surface area contributed by atoms with E-state index in [1.54, 1.807) is 31.2 Å². The maximum atomic E-state index is 12.9. The highest BCUT2D eigenvalue weighted by Crippen LogP contribution is 2.20. The fraction of sp³-hybridized carbons (Fsp3) is 0.263. The zero-order chi connectivity index (χ0) is 21.8. The molecule has 1 aromatic carbocycles. The van der Waals surface area contributed by atoms with Crippen LogP contribution in [-0.4, -0.2) is 49.6 Å². The molecular formula is C19H18ClF2N5O3. The van der Waals surface area contributed by atoms with Crippen LogP contribution >= 0.6 is 11.6 Å². The van der Waals surface area contributed by atoms with Crippen molar-refractivity contribution in [2.45, 2.75) is 25.9 Å². The van der Waals surface area contributed by atoms with Gasteiger partial charge in [-0.15, -0.1) is 0 Å². The highest BCUT2D eigenvalue weighted by Gasteiger charge is 2.19. The van der Waals surface area contributed by atoms with Crippen LogP contribution in [0.15, 0.2) is 47.5 Å². The number of amides is 1. The summed E-state index contributed by atoms with van der Waals surface area (Å²) in [6, 6.07) is 7.33. The van der Waals surface area contributed by atoms with E-state index in [0.717, 1.165) is 9.36 Å². The molecule has 0 fully saturated rings. The molecule has 2 N–H and O–H groups in total. The Hall–Kier alpha value is -3.11. The third-order valence-corrected chi connectivity index (χ3v) is 4.39. The van der Waals surface area contributed by atoms with Gasteiger partial charge in [0.2, 0.25) is 0 Å². The molecule has 3 rings (SSSR count). The summed E-state index contributed by atoms with van der Waals surface area (Å²) in [4.78, 5) is 25.5. The summed E-state index contributed by atoms with van der Waals surface area (Å²) < 4.78 is 27.2. The molecule has 0 aliphatic carbocycles. The normalized spacial score (nSPS) is 12.2. The van der Waals surface area contributed by atoms with Gasteiger partial charge in [-0.1, -0.05) is 23.7 Å². The van der Waals surface area contributed by atoms with Crippen molar-refractivity contribution in [2.24, 2.45) is 0 Å². The lowest BCUT2D eigenvalue weighted by molar-refractivity contribution is 0.0920. The first-order valence-electron chi connectivity index (χ1n) is 8.91. The molecule has 0 bridgehead atoms. The van der Waals surface area contributed by atoms with Gasteiger partial charge in [0, 0.05) is 16.6 Å². The lowest BCUT2D eigenvalue weighted by Crippen LogP contribution is -2.39. The van der Waals surface area contributed by atoms with E-state index in [-0.39, 0.29) is 23.6 Å². The number of nitrogens with zero attached hydrogens (tertiary/aromatic N) is 4. The smallest absolute Gasteiger partial charge is 0.284 e. The van der Waals surface area contributed by atoms with Gasteiger partial charge < -0.3 is 10.4 Å². The number of benzene rings is 1. The number of aliphatic hydroxyl groups excluding tert-OH is 1.